The van der Waals surface area contributed by atoms with Crippen molar-refractivity contribution in [2.45, 2.75) is 87.5 Å². The van der Waals surface area contributed by atoms with E-state index in [1.54, 1.807) is 67.1 Å². The van der Waals surface area contributed by atoms with E-state index in [4.69, 9.17) is 26.8 Å². The summed E-state index contributed by atoms with van der Waals surface area (Å²) in [5.41, 5.74) is 10.1. The third-order valence-corrected chi connectivity index (χ3v) is 15.1. The highest BCUT2D eigenvalue weighted by Crippen LogP contribution is 2.25. The maximum absolute atomic E-state index is 15.4. The maximum atomic E-state index is 15.4. The van der Waals surface area contributed by atoms with Crippen LogP contribution in [0.15, 0.2) is 134 Å². The van der Waals surface area contributed by atoms with Gasteiger partial charge < -0.3 is 62.3 Å². The number of pyridine rings is 1. The minimum absolute atomic E-state index is 0.0260. The molecule has 0 bridgehead atoms. The molecule has 5 heterocycles. The normalized spacial score (nSPS) is 22.4. The summed E-state index contributed by atoms with van der Waals surface area (Å²) in [7, 11) is 0. The van der Waals surface area contributed by atoms with Crippen LogP contribution >= 0.6 is 11.6 Å². The van der Waals surface area contributed by atoms with Crippen LogP contribution in [-0.2, 0) is 65.8 Å². The van der Waals surface area contributed by atoms with Gasteiger partial charge in [0.05, 0.1) is 6.54 Å². The van der Waals surface area contributed by atoms with E-state index in [9.17, 15) is 4.79 Å². The van der Waals surface area contributed by atoms with Crippen LogP contribution in [-0.4, -0.2) is 156 Å². The lowest BCUT2D eigenvalue weighted by atomic mass is 10.0. The number of nitrogens with zero attached hydrogens (tertiary/aromatic N) is 3. The quantitative estimate of drug-likeness (QED) is 0.0636. The summed E-state index contributed by atoms with van der Waals surface area (Å²) >= 11 is 6.09. The Morgan fingerprint density at radius 3 is 2.04 bits per heavy atom. The number of aryl methyl sites for hydroxylation is 1. The van der Waals surface area contributed by atoms with Gasteiger partial charge in [-0.25, -0.2) is 4.79 Å². The molecule has 3 fully saturated rings. The number of para-hydroxylation sites is 1. The highest BCUT2D eigenvalue weighted by molar-refractivity contribution is 6.30. The van der Waals surface area contributed by atoms with Crippen molar-refractivity contribution in [2.75, 3.05) is 52.4 Å². The molecule has 3 aliphatic rings. The first-order valence-corrected chi connectivity index (χ1v) is 28.1. The fraction of sp³-hybridized carbons (Fsp3) is 0.367. The molecule has 9 rings (SSSR count). The highest BCUT2D eigenvalue weighted by atomic mass is 35.5. The fourth-order valence-corrected chi connectivity index (χ4v) is 10.6. The van der Waals surface area contributed by atoms with E-state index in [1.165, 1.54) is 4.90 Å². The van der Waals surface area contributed by atoms with E-state index in [-0.39, 0.29) is 64.9 Å². The van der Waals surface area contributed by atoms with Gasteiger partial charge in [0.15, 0.2) is 0 Å². The maximum Gasteiger partial charge on any atom is 0.407 e. The Bertz CT molecular complexity index is 3150. The van der Waals surface area contributed by atoms with Gasteiger partial charge in [-0.1, -0.05) is 90.5 Å². The smallest absolute Gasteiger partial charge is 0.407 e. The second-order valence-electron chi connectivity index (χ2n) is 20.8. The summed E-state index contributed by atoms with van der Waals surface area (Å²) < 4.78 is 11.8. The lowest BCUT2D eigenvalue weighted by Gasteiger charge is -2.33. The monoisotopic (exact) mass is 1140 g/mol. The topological polar surface area (TPSA) is 283 Å². The molecule has 6 aromatic rings. The molecule has 0 radical (unpaired) electrons. The number of fused-ring (bicyclic) bond motifs is 2. The van der Waals surface area contributed by atoms with E-state index >= 15 is 28.8 Å². The number of carbonyl (C=O) groups is 7. The second kappa shape index (κ2) is 28.4. The Kier molecular flexibility index (Phi) is 20.2. The van der Waals surface area contributed by atoms with Crippen LogP contribution in [0.25, 0.3) is 10.9 Å². The number of benzene rings is 4. The molecule has 0 aliphatic carbocycles. The minimum atomic E-state index is -1.38. The van der Waals surface area contributed by atoms with Gasteiger partial charge >= 0.3 is 6.09 Å². The number of halogens is 1. The fourth-order valence-electron chi connectivity index (χ4n) is 10.5. The van der Waals surface area contributed by atoms with Gasteiger partial charge in [-0.15, -0.1) is 0 Å². The molecule has 3 saturated heterocycles. The number of nitrogens with one attached hydrogen (secondary N) is 8. The molecule has 7 amide bonds. The van der Waals surface area contributed by atoms with Crippen molar-refractivity contribution in [1.82, 2.24) is 57.0 Å². The van der Waals surface area contributed by atoms with Crippen molar-refractivity contribution in [2.24, 2.45) is 5.73 Å². The third-order valence-electron chi connectivity index (χ3n) is 14.8. The van der Waals surface area contributed by atoms with Crippen LogP contribution in [0.1, 0.15) is 40.7 Å². The van der Waals surface area contributed by atoms with E-state index < -0.39 is 83.9 Å². The van der Waals surface area contributed by atoms with E-state index in [0.717, 1.165) is 22.0 Å². The number of aromatic amines is 1. The molecule has 7 atom stereocenters. The van der Waals surface area contributed by atoms with Crippen LogP contribution < -0.4 is 47.7 Å². The molecule has 4 aromatic carbocycles. The molecular formula is C60H69ClN12O9. The Morgan fingerprint density at radius 2 is 1.30 bits per heavy atom. The van der Waals surface area contributed by atoms with Gasteiger partial charge in [-0.05, 0) is 77.1 Å². The summed E-state index contributed by atoms with van der Waals surface area (Å²) in [6.45, 7) is 2.63. The van der Waals surface area contributed by atoms with E-state index in [1.807, 2.05) is 71.6 Å². The number of carbonyl (C=O) groups excluding carboxylic acids is 7. The van der Waals surface area contributed by atoms with Crippen molar-refractivity contribution in [3.8, 4) is 5.75 Å². The number of amides is 7. The molecular weight excluding hydrogens is 1070 g/mol. The zero-order valence-corrected chi connectivity index (χ0v) is 46.1. The first-order chi connectivity index (χ1) is 39.8. The van der Waals surface area contributed by atoms with Crippen LogP contribution in [0.3, 0.4) is 0 Å². The Morgan fingerprint density at radius 1 is 0.671 bits per heavy atom. The largest absolute Gasteiger partial charge is 0.489 e. The number of hydrogen-bond donors (Lipinski definition) is 9. The number of aromatic nitrogens is 2. The zero-order chi connectivity index (χ0) is 57.4. The molecule has 10 N–H and O–H groups in total. The SMILES string of the molecule is NCCNC(=O)O[C@@H]1C[C@H]2C(=O)N[C@H](CCc3ccccc3)C(=O)N[C@H](Cc3c[nH]c4ccccc34)C(=O)N[C@@H](CN3CCNCC3)C(=O)N[C@@H](Cc3ccc(OCc4ccc(Cl)cc4)cc3)C(=O)N[C@@H](Cc3cccnc3)C(=O)N2C1. The van der Waals surface area contributed by atoms with Crippen molar-refractivity contribution in [3.05, 3.63) is 167 Å². The Balaban J connectivity index is 1.10. The number of alkyl carbamates (subject to hydrolysis) is 1. The number of nitrogens with two attached hydrogens (primary N) is 1. The van der Waals surface area contributed by atoms with Crippen LogP contribution in [0, 0.1) is 0 Å². The van der Waals surface area contributed by atoms with Gasteiger partial charge in [0.2, 0.25) is 35.4 Å². The summed E-state index contributed by atoms with van der Waals surface area (Å²) in [4.78, 5) is 115. The predicted octanol–water partition coefficient (Wildman–Crippen LogP) is 2.45. The van der Waals surface area contributed by atoms with Gasteiger partial charge in [-0.3, -0.25) is 38.7 Å². The molecule has 0 saturated carbocycles. The van der Waals surface area contributed by atoms with Crippen LogP contribution in [0.5, 0.6) is 5.75 Å². The summed E-state index contributed by atoms with van der Waals surface area (Å²) in [6, 6.07) is 26.7. The lowest BCUT2D eigenvalue weighted by Crippen LogP contribution is -2.63. The predicted molar refractivity (Wildman–Crippen MR) is 307 cm³/mol. The van der Waals surface area contributed by atoms with Gasteiger partial charge in [0, 0.05) is 106 Å². The second-order valence-corrected chi connectivity index (χ2v) is 21.2. The number of hydrogen-bond acceptors (Lipinski definition) is 13. The Labute approximate surface area is 480 Å². The minimum Gasteiger partial charge on any atom is -0.489 e. The summed E-state index contributed by atoms with van der Waals surface area (Å²) in [5.74, 6) is -3.71. The molecule has 2 aromatic heterocycles. The average molecular weight is 1140 g/mol. The van der Waals surface area contributed by atoms with E-state index in [0.29, 0.717) is 60.1 Å². The van der Waals surface area contributed by atoms with Gasteiger partial charge in [0.25, 0.3) is 0 Å². The molecule has 0 unspecified atom stereocenters. The third kappa shape index (κ3) is 16.0. The number of rotatable bonds is 17. The van der Waals surface area contributed by atoms with Crippen molar-refractivity contribution in [1.29, 1.82) is 0 Å². The zero-order valence-electron chi connectivity index (χ0n) is 45.3. The van der Waals surface area contributed by atoms with Crippen LogP contribution in [0.2, 0.25) is 5.02 Å². The Hall–Kier alpha value is -8.37. The number of H-pyrrole nitrogens is 1. The average Bonchev–Trinajstić information content (AvgIpc) is 4.32. The van der Waals surface area contributed by atoms with Gasteiger partial charge in [0.1, 0.15) is 54.7 Å². The molecule has 21 nitrogen and oxygen atoms in total. The molecule has 82 heavy (non-hydrogen) atoms. The van der Waals surface area contributed by atoms with E-state index in [2.05, 4.69) is 47.2 Å². The van der Waals surface area contributed by atoms with Crippen molar-refractivity contribution < 1.29 is 43.0 Å². The first kappa shape index (κ1) is 58.3. The summed E-state index contributed by atoms with van der Waals surface area (Å²) in [6.07, 6.45) is 3.06. The number of piperazine rings is 1. The van der Waals surface area contributed by atoms with Crippen LogP contribution in [0.4, 0.5) is 4.79 Å². The van der Waals surface area contributed by atoms with Crippen molar-refractivity contribution in [3.63, 3.8) is 0 Å². The summed E-state index contributed by atoms with van der Waals surface area (Å²) in [5, 5.41) is 22.0. The molecule has 22 heteroatoms. The standard InChI is InChI=1S/C60H69ClN12O9/c61-43-17-12-40(13-18-43)37-81-44-19-14-39(15-20-44)29-49-55(75)70-51(30-41-9-6-23-64-33-41)59(79)73-35-45(82-60(80)65-24-22-62)32-53(73)58(78)67-48(21-16-38-7-2-1-3-8-38)54(74)69-50(31-42-34-66-47-11-5-4-10-46(42)47)56(76)71-52(57(77)68-49)36-72-27-25-63-26-28-72/h1-15,17-20,23,33-34,45,48-53,63,66H,16,21-22,24-32,35-37,62H2,(H,65,80)(H,67,78)(H,68,77)(H,69,74)(H,70,75)(H,71,76)/t45-,48-,49+,50-,51+,52+,53+/m1/s1. The number of ether oxygens (including phenoxy) is 2. The molecule has 0 spiro atoms. The van der Waals surface area contributed by atoms with Crippen molar-refractivity contribution >= 4 is 64.0 Å². The highest BCUT2D eigenvalue weighted by Gasteiger charge is 2.45. The first-order valence-electron chi connectivity index (χ1n) is 27.7. The molecule has 430 valence electrons. The lowest BCUT2D eigenvalue weighted by molar-refractivity contribution is -0.143. The van der Waals surface area contributed by atoms with Gasteiger partial charge in [-0.2, -0.15) is 0 Å². The molecule has 3 aliphatic heterocycles.